The van der Waals surface area contributed by atoms with Crippen LogP contribution in [0.2, 0.25) is 5.54 Å². The predicted octanol–water partition coefficient (Wildman–Crippen LogP) is 5.75. The molecule has 1 aliphatic carbocycles. The van der Waals surface area contributed by atoms with Gasteiger partial charge in [-0.1, -0.05) is 139 Å². The average molecular weight is 544 g/mol. The minimum Gasteiger partial charge on any atom is -0.333 e. The van der Waals surface area contributed by atoms with E-state index in [4.69, 9.17) is 0 Å². The second-order valence-corrected chi connectivity index (χ2v) is 14.5. The average Bonchev–Trinajstić information content (AvgIpc) is 3.52. The summed E-state index contributed by atoms with van der Waals surface area (Å²) in [6.07, 6.45) is 9.38. The molecule has 39 heavy (non-hydrogen) atoms. The van der Waals surface area contributed by atoms with Gasteiger partial charge in [-0.2, -0.15) is 0 Å². The fraction of sp³-hybridized carbons (Fsp3) is 0.371. The molecule has 4 rings (SSSR count). The summed E-state index contributed by atoms with van der Waals surface area (Å²) >= 11 is 0. The number of hydrogen-bond acceptors (Lipinski definition) is 3. The molecule has 0 heterocycles. The summed E-state index contributed by atoms with van der Waals surface area (Å²) in [4.78, 5) is 0. The zero-order chi connectivity index (χ0) is 29.6. The minimum atomic E-state index is -2.40. The van der Waals surface area contributed by atoms with E-state index in [-0.39, 0.29) is 0 Å². The second kappa shape index (κ2) is 17.0. The molecule has 0 saturated heterocycles. The molecule has 3 aromatic rings. The van der Waals surface area contributed by atoms with Crippen LogP contribution in [0, 0.1) is 0 Å². The maximum Gasteiger partial charge on any atom is 0.158 e. The normalized spacial score (nSPS) is 12.5. The van der Waals surface area contributed by atoms with Crippen LogP contribution < -0.4 is 32.8 Å². The van der Waals surface area contributed by atoms with E-state index < -0.39 is 8.07 Å². The molecule has 0 saturated carbocycles. The van der Waals surface area contributed by atoms with Crippen LogP contribution in [-0.4, -0.2) is 29.2 Å². The maximum atomic E-state index is 4.50. The zero-order valence-corrected chi connectivity index (χ0v) is 26.8. The van der Waals surface area contributed by atoms with E-state index in [1.807, 2.05) is 0 Å². The first kappa shape index (κ1) is 34.3. The van der Waals surface area contributed by atoms with Crippen molar-refractivity contribution in [2.45, 2.75) is 64.8 Å². The van der Waals surface area contributed by atoms with Gasteiger partial charge >= 0.3 is 0 Å². The molecule has 0 aliphatic heterocycles. The molecule has 0 aromatic heterocycles. The lowest BCUT2D eigenvalue weighted by Crippen LogP contribution is -2.69. The van der Waals surface area contributed by atoms with Crippen molar-refractivity contribution in [1.29, 1.82) is 0 Å². The number of allylic oxidation sites excluding steroid dienone is 4. The third kappa shape index (κ3) is 7.89. The van der Waals surface area contributed by atoms with Crippen molar-refractivity contribution in [3.05, 3.63) is 114 Å². The van der Waals surface area contributed by atoms with E-state index in [1.54, 1.807) is 0 Å². The summed E-state index contributed by atoms with van der Waals surface area (Å²) in [7, 11) is 2.10. The summed E-state index contributed by atoms with van der Waals surface area (Å²) in [5.41, 5.74) is 18.2. The summed E-state index contributed by atoms with van der Waals surface area (Å²) in [6, 6.07) is 28.5. The Morgan fingerprint density at radius 2 is 0.769 bits per heavy atom. The Hall–Kier alpha value is -2.76. The molecule has 0 spiro atoms. The molecule has 3 aromatic carbocycles. The van der Waals surface area contributed by atoms with Gasteiger partial charge in [0.05, 0.1) is 0 Å². The third-order valence-corrected chi connectivity index (χ3v) is 12.3. The van der Waals surface area contributed by atoms with Crippen molar-refractivity contribution in [3.63, 3.8) is 0 Å². The van der Waals surface area contributed by atoms with Crippen LogP contribution in [0.4, 0.5) is 0 Å². The zero-order valence-electron chi connectivity index (χ0n) is 25.8. The highest BCUT2D eigenvalue weighted by Crippen LogP contribution is 2.31. The first-order valence-electron chi connectivity index (χ1n) is 14.2. The van der Waals surface area contributed by atoms with Crippen LogP contribution in [0.15, 0.2) is 97.1 Å². The maximum absolute atomic E-state index is 4.50. The van der Waals surface area contributed by atoms with Crippen molar-refractivity contribution in [1.82, 2.24) is 0 Å². The summed E-state index contributed by atoms with van der Waals surface area (Å²) in [5.74, 6) is 1.53. The Balaban J connectivity index is 0.00000119. The molecule has 4 heteroatoms. The minimum absolute atomic E-state index is 0.393. The first-order chi connectivity index (χ1) is 18.8. The van der Waals surface area contributed by atoms with E-state index in [2.05, 4.69) is 156 Å². The standard InChI is InChI=1S/C32H38Si.3CH5N/c1-23(2)26-12-9-17-30(20-26)33(29-15-7-8-16-29,31-18-10-13-27(21-31)24(3)4)32-19-11-14-28(22-32)25(5)6;3*1-2/h7-25,29H,1-6H3;3*2H2,1H3. The Morgan fingerprint density at radius 1 is 0.487 bits per heavy atom. The highest BCUT2D eigenvalue weighted by molar-refractivity contribution is 7.13. The molecule has 6 N–H and O–H groups in total. The van der Waals surface area contributed by atoms with Gasteiger partial charge in [-0.15, -0.1) is 0 Å². The van der Waals surface area contributed by atoms with Crippen LogP contribution in [0.5, 0.6) is 0 Å². The smallest absolute Gasteiger partial charge is 0.158 e. The molecule has 0 fully saturated rings. The molecule has 0 radical (unpaired) electrons. The summed E-state index contributed by atoms with van der Waals surface area (Å²) < 4.78 is 0. The number of benzene rings is 3. The Morgan fingerprint density at radius 3 is 1.03 bits per heavy atom. The Kier molecular flexibility index (Phi) is 15.0. The van der Waals surface area contributed by atoms with Crippen LogP contribution in [0.25, 0.3) is 0 Å². The van der Waals surface area contributed by atoms with Gasteiger partial charge in [0.25, 0.3) is 0 Å². The molecular formula is C35H53N3Si. The number of rotatable bonds is 7. The van der Waals surface area contributed by atoms with Crippen LogP contribution >= 0.6 is 0 Å². The topological polar surface area (TPSA) is 78.1 Å². The van der Waals surface area contributed by atoms with Gasteiger partial charge in [-0.3, -0.25) is 0 Å². The second-order valence-electron chi connectivity index (χ2n) is 10.4. The molecule has 0 amide bonds. The molecule has 0 unspecified atom stereocenters. The quantitative estimate of drug-likeness (QED) is 0.262. The number of nitrogens with two attached hydrogens (primary N) is 3. The van der Waals surface area contributed by atoms with Gasteiger partial charge in [0.15, 0.2) is 8.07 Å². The lowest BCUT2D eigenvalue weighted by atomic mass is 10.0. The SMILES string of the molecule is CC(C)c1cccc([Si](c2cccc(C(C)C)c2)(c2cccc(C(C)C)c2)C2C=CC=C2)c1.CN.CN.CN. The van der Waals surface area contributed by atoms with Crippen molar-refractivity contribution < 1.29 is 0 Å². The van der Waals surface area contributed by atoms with E-state index in [0.717, 1.165) is 0 Å². The van der Waals surface area contributed by atoms with Crippen LogP contribution in [0.1, 0.15) is 76.0 Å². The molecule has 1 aliphatic rings. The largest absolute Gasteiger partial charge is 0.333 e. The predicted molar refractivity (Wildman–Crippen MR) is 179 cm³/mol. The molecule has 3 nitrogen and oxygen atoms in total. The van der Waals surface area contributed by atoms with E-state index in [1.165, 1.54) is 53.4 Å². The fourth-order valence-corrected chi connectivity index (χ4v) is 10.4. The Bertz CT molecular complexity index is 1040. The molecule has 0 atom stereocenters. The molecular weight excluding hydrogens is 490 g/mol. The van der Waals surface area contributed by atoms with Crippen molar-refractivity contribution in [2.24, 2.45) is 17.2 Å². The lowest BCUT2D eigenvalue weighted by molar-refractivity contribution is 0.867. The van der Waals surface area contributed by atoms with Gasteiger partial charge in [-0.25, -0.2) is 0 Å². The van der Waals surface area contributed by atoms with Crippen molar-refractivity contribution >= 4 is 23.6 Å². The van der Waals surface area contributed by atoms with E-state index >= 15 is 0 Å². The first-order valence-corrected chi connectivity index (χ1v) is 16.3. The van der Waals surface area contributed by atoms with E-state index in [9.17, 15) is 0 Å². The van der Waals surface area contributed by atoms with E-state index in [0.29, 0.717) is 23.3 Å². The van der Waals surface area contributed by atoms with Gasteiger partial charge in [0, 0.05) is 5.54 Å². The van der Waals surface area contributed by atoms with Crippen molar-refractivity contribution in [3.8, 4) is 0 Å². The summed E-state index contributed by atoms with van der Waals surface area (Å²) in [6.45, 7) is 13.8. The Labute approximate surface area is 240 Å². The van der Waals surface area contributed by atoms with Gasteiger partial charge in [0.1, 0.15) is 0 Å². The van der Waals surface area contributed by atoms with Gasteiger partial charge in [0.2, 0.25) is 0 Å². The fourth-order valence-electron chi connectivity index (χ4n) is 5.23. The van der Waals surface area contributed by atoms with Crippen molar-refractivity contribution in [2.75, 3.05) is 21.1 Å². The third-order valence-electron chi connectivity index (χ3n) is 7.27. The highest BCUT2D eigenvalue weighted by atomic mass is 28.3. The van der Waals surface area contributed by atoms with Gasteiger partial charge in [-0.05, 0) is 71.1 Å². The lowest BCUT2D eigenvalue weighted by Gasteiger charge is -2.38. The number of hydrogen-bond donors (Lipinski definition) is 3. The molecule has 0 bridgehead atoms. The van der Waals surface area contributed by atoms with Crippen LogP contribution in [0.3, 0.4) is 0 Å². The summed E-state index contributed by atoms with van der Waals surface area (Å²) in [5, 5.41) is 4.53. The monoisotopic (exact) mass is 543 g/mol. The van der Waals surface area contributed by atoms with Crippen LogP contribution in [-0.2, 0) is 0 Å². The highest BCUT2D eigenvalue weighted by Gasteiger charge is 2.45. The van der Waals surface area contributed by atoms with Gasteiger partial charge < -0.3 is 17.2 Å². The molecule has 212 valence electrons.